The fourth-order valence-electron chi connectivity index (χ4n) is 7.04. The molecule has 0 aromatic heterocycles. The Hall–Kier alpha value is -5.52. The molecule has 2 fully saturated rings. The number of carbonyl (C=O) groups is 3. The van der Waals surface area contributed by atoms with Gasteiger partial charge in [0.05, 0.1) is 19.2 Å². The fraction of sp³-hybridized carbons (Fsp3) is 0.308. The summed E-state index contributed by atoms with van der Waals surface area (Å²) in [7, 11) is 0. The summed E-state index contributed by atoms with van der Waals surface area (Å²) >= 11 is 0. The van der Waals surface area contributed by atoms with E-state index in [2.05, 4.69) is 5.32 Å². The molecule has 264 valence electrons. The molecule has 3 amide bonds. The van der Waals surface area contributed by atoms with Crippen LogP contribution in [0.3, 0.4) is 0 Å². The monoisotopic (exact) mass is 699 g/mol. The summed E-state index contributed by atoms with van der Waals surface area (Å²) in [6.45, 7) is 2.04. The molecule has 4 atom stereocenters. The molecule has 3 aliphatic heterocycles. The number of hydrogen-bond donors (Lipinski definition) is 1. The normalized spacial score (nSPS) is 20.6. The molecule has 3 heterocycles. The number of nitrogens with one attached hydrogen (secondary N) is 1. The van der Waals surface area contributed by atoms with Crippen molar-refractivity contribution in [1.82, 2.24) is 15.1 Å². The molecule has 12 heteroatoms. The molecule has 3 aliphatic rings. The van der Waals surface area contributed by atoms with Gasteiger partial charge in [-0.2, -0.15) is 0 Å². The van der Waals surface area contributed by atoms with Gasteiger partial charge < -0.3 is 29.3 Å². The molecule has 4 aromatic rings. The van der Waals surface area contributed by atoms with E-state index in [-0.39, 0.29) is 25.1 Å². The Morgan fingerprint density at radius 2 is 1.59 bits per heavy atom. The molecule has 7 rings (SSSR count). The zero-order valence-corrected chi connectivity index (χ0v) is 27.8. The SMILES string of the molecule is CCOc1ccc2c(c1)Oc1ccccc1C2NC(=O)C1CCCN1C(=O)C1CC(F)CN1C(=O)c1cc(F)c(OCc2ccccc2)c(F)c1. The number of halogens is 3. The summed E-state index contributed by atoms with van der Waals surface area (Å²) < 4.78 is 62.2. The lowest BCUT2D eigenvalue weighted by molar-refractivity contribution is -0.141. The van der Waals surface area contributed by atoms with Crippen LogP contribution in [0.1, 0.15) is 59.3 Å². The van der Waals surface area contributed by atoms with E-state index >= 15 is 8.78 Å². The number of para-hydroxylation sites is 1. The predicted molar refractivity (Wildman–Crippen MR) is 180 cm³/mol. The van der Waals surface area contributed by atoms with Gasteiger partial charge >= 0.3 is 0 Å². The van der Waals surface area contributed by atoms with E-state index in [1.54, 1.807) is 48.5 Å². The molecular weight excluding hydrogens is 663 g/mol. The first-order valence-electron chi connectivity index (χ1n) is 17.0. The van der Waals surface area contributed by atoms with E-state index in [1.165, 1.54) is 4.90 Å². The number of hydrogen-bond acceptors (Lipinski definition) is 6. The van der Waals surface area contributed by atoms with Gasteiger partial charge in [-0.05, 0) is 55.7 Å². The molecular formula is C39H36F3N3O6. The maximum Gasteiger partial charge on any atom is 0.254 e. The zero-order valence-electron chi connectivity index (χ0n) is 27.8. The average Bonchev–Trinajstić information content (AvgIpc) is 3.78. The van der Waals surface area contributed by atoms with Crippen LogP contribution in [0.2, 0.25) is 0 Å². The van der Waals surface area contributed by atoms with Crippen molar-refractivity contribution in [3.05, 3.63) is 119 Å². The van der Waals surface area contributed by atoms with Gasteiger partial charge in [0.2, 0.25) is 11.8 Å². The smallest absolute Gasteiger partial charge is 0.254 e. The van der Waals surface area contributed by atoms with Gasteiger partial charge in [-0.15, -0.1) is 0 Å². The van der Waals surface area contributed by atoms with Crippen molar-refractivity contribution < 1.29 is 41.8 Å². The molecule has 0 spiro atoms. The molecule has 0 aliphatic carbocycles. The third kappa shape index (κ3) is 6.82. The molecule has 0 bridgehead atoms. The van der Waals surface area contributed by atoms with Gasteiger partial charge in [0, 0.05) is 35.7 Å². The highest BCUT2D eigenvalue weighted by molar-refractivity contribution is 5.99. The predicted octanol–water partition coefficient (Wildman–Crippen LogP) is 6.50. The Morgan fingerprint density at radius 3 is 2.35 bits per heavy atom. The number of likely N-dealkylation sites (tertiary alicyclic amines) is 2. The number of nitrogens with zero attached hydrogens (tertiary/aromatic N) is 2. The number of ether oxygens (including phenoxy) is 3. The second kappa shape index (κ2) is 14.4. The Labute approximate surface area is 292 Å². The second-order valence-electron chi connectivity index (χ2n) is 12.8. The minimum absolute atomic E-state index is 0.0961. The summed E-state index contributed by atoms with van der Waals surface area (Å²) in [6.07, 6.45) is -0.971. The first-order valence-corrected chi connectivity index (χ1v) is 17.0. The van der Waals surface area contributed by atoms with Gasteiger partial charge in [0.25, 0.3) is 5.91 Å². The largest absolute Gasteiger partial charge is 0.494 e. The summed E-state index contributed by atoms with van der Waals surface area (Å²) in [6, 6.07) is 20.4. The van der Waals surface area contributed by atoms with Crippen molar-refractivity contribution in [2.75, 3.05) is 19.7 Å². The number of fused-ring (bicyclic) bond motifs is 2. The van der Waals surface area contributed by atoms with Crippen LogP contribution in [-0.2, 0) is 16.2 Å². The quantitative estimate of drug-likeness (QED) is 0.215. The Kier molecular flexibility index (Phi) is 9.57. The van der Waals surface area contributed by atoms with Crippen molar-refractivity contribution in [3.63, 3.8) is 0 Å². The Bertz CT molecular complexity index is 1940. The van der Waals surface area contributed by atoms with Crippen molar-refractivity contribution in [2.45, 2.75) is 57.1 Å². The van der Waals surface area contributed by atoms with Crippen LogP contribution in [0.25, 0.3) is 0 Å². The van der Waals surface area contributed by atoms with E-state index in [9.17, 15) is 18.8 Å². The van der Waals surface area contributed by atoms with Gasteiger partial charge in [0.15, 0.2) is 17.4 Å². The molecule has 0 radical (unpaired) electrons. The number of carbonyl (C=O) groups excluding carboxylic acids is 3. The molecule has 4 unspecified atom stereocenters. The molecule has 4 aromatic carbocycles. The van der Waals surface area contributed by atoms with Crippen molar-refractivity contribution >= 4 is 17.7 Å². The lowest BCUT2D eigenvalue weighted by Gasteiger charge is -2.33. The van der Waals surface area contributed by atoms with Gasteiger partial charge in [-0.25, -0.2) is 13.2 Å². The molecule has 51 heavy (non-hydrogen) atoms. The minimum Gasteiger partial charge on any atom is -0.494 e. The maximum absolute atomic E-state index is 15.1. The first-order chi connectivity index (χ1) is 24.7. The highest BCUT2D eigenvalue weighted by Gasteiger charge is 2.46. The van der Waals surface area contributed by atoms with Crippen LogP contribution in [-0.4, -0.2) is 65.5 Å². The summed E-state index contributed by atoms with van der Waals surface area (Å²) in [4.78, 5) is 44.0. The lowest BCUT2D eigenvalue weighted by Crippen LogP contribution is -2.53. The zero-order chi connectivity index (χ0) is 35.6. The molecule has 9 nitrogen and oxygen atoms in total. The third-order valence-corrected chi connectivity index (χ3v) is 9.45. The minimum atomic E-state index is -1.54. The van der Waals surface area contributed by atoms with Gasteiger partial charge in [-0.3, -0.25) is 14.4 Å². The van der Waals surface area contributed by atoms with E-state index in [0.717, 1.165) is 22.6 Å². The second-order valence-corrected chi connectivity index (χ2v) is 12.8. The van der Waals surface area contributed by atoms with Crippen LogP contribution in [0.5, 0.6) is 23.0 Å². The maximum atomic E-state index is 15.1. The highest BCUT2D eigenvalue weighted by atomic mass is 19.1. The van der Waals surface area contributed by atoms with Gasteiger partial charge in [-0.1, -0.05) is 48.5 Å². The van der Waals surface area contributed by atoms with Crippen LogP contribution < -0.4 is 19.5 Å². The highest BCUT2D eigenvalue weighted by Crippen LogP contribution is 2.44. The fourth-order valence-corrected chi connectivity index (χ4v) is 7.04. The summed E-state index contributed by atoms with van der Waals surface area (Å²) in [5, 5.41) is 3.10. The van der Waals surface area contributed by atoms with Crippen LogP contribution >= 0.6 is 0 Å². The summed E-state index contributed by atoms with van der Waals surface area (Å²) in [5.74, 6) is -3.05. The lowest BCUT2D eigenvalue weighted by atomic mass is 9.94. The van der Waals surface area contributed by atoms with E-state index in [0.29, 0.717) is 47.8 Å². The first kappa shape index (κ1) is 34.0. The number of amides is 3. The Morgan fingerprint density at radius 1 is 0.863 bits per heavy atom. The number of alkyl halides is 1. The van der Waals surface area contributed by atoms with Crippen LogP contribution in [0.15, 0.2) is 84.9 Å². The van der Waals surface area contributed by atoms with Crippen LogP contribution in [0, 0.1) is 11.6 Å². The van der Waals surface area contributed by atoms with Crippen molar-refractivity contribution in [2.24, 2.45) is 0 Å². The van der Waals surface area contributed by atoms with Crippen LogP contribution in [0.4, 0.5) is 13.2 Å². The van der Waals surface area contributed by atoms with Gasteiger partial charge in [0.1, 0.15) is 42.1 Å². The average molecular weight is 700 g/mol. The van der Waals surface area contributed by atoms with E-state index < -0.39 is 65.9 Å². The number of benzene rings is 4. The van der Waals surface area contributed by atoms with Crippen molar-refractivity contribution in [3.8, 4) is 23.0 Å². The summed E-state index contributed by atoms with van der Waals surface area (Å²) in [5.41, 5.74) is 1.76. The topological polar surface area (TPSA) is 97.4 Å². The van der Waals surface area contributed by atoms with E-state index in [1.807, 2.05) is 31.2 Å². The Balaban J connectivity index is 1.08. The third-order valence-electron chi connectivity index (χ3n) is 9.45. The number of rotatable bonds is 9. The van der Waals surface area contributed by atoms with Crippen molar-refractivity contribution in [1.29, 1.82) is 0 Å². The molecule has 1 N–H and O–H groups in total. The molecule has 0 saturated carbocycles. The molecule has 2 saturated heterocycles. The van der Waals surface area contributed by atoms with E-state index in [4.69, 9.17) is 14.2 Å². The standard InChI is InChI=1S/C39H36F3N3O6/c1-2-49-26-14-15-28-34(20-26)51-33-13-7-6-11-27(33)35(28)43-37(46)31-12-8-16-44(31)39(48)32-19-25(40)21-45(32)38(47)24-17-29(41)36(30(42)18-24)50-22-23-9-4-3-5-10-23/h3-7,9-11,13-15,17-18,20,25,31-32,35H,2,8,12,16,19,21-22H2,1H3,(H,43,46).